The molecule has 0 radical (unpaired) electrons. The van der Waals surface area contributed by atoms with Gasteiger partial charge in [-0.2, -0.15) is 29.8 Å². The van der Waals surface area contributed by atoms with Crippen LogP contribution in [0.5, 0.6) is 17.5 Å². The highest BCUT2D eigenvalue weighted by Gasteiger charge is 2.48. The molecule has 398 valence electrons. The topological polar surface area (TPSA) is 269 Å². The predicted octanol–water partition coefficient (Wildman–Crippen LogP) is 7.44. The second-order valence-corrected chi connectivity index (χ2v) is 24.2. The number of hydrogen-bond acceptors (Lipinski definition) is 14. The van der Waals surface area contributed by atoms with Crippen LogP contribution < -0.4 is 14.5 Å². The number of carbonyl (C=O) groups excluding carboxylic acids is 1. The number of allylic oxidation sites excluding steroid dienone is 9. The minimum Gasteiger partial charge on any atom is -0.492 e. The Bertz CT molecular complexity index is 3100. The van der Waals surface area contributed by atoms with Crippen molar-refractivity contribution in [2.75, 3.05) is 56.9 Å². The molecule has 1 atom stereocenters. The highest BCUT2D eigenvalue weighted by Crippen LogP contribution is 2.49. The van der Waals surface area contributed by atoms with Gasteiger partial charge in [-0.05, 0) is 81.4 Å². The number of aromatic hydroxyl groups is 2. The molecule has 3 aromatic rings. The Labute approximate surface area is 427 Å². The molecular formula is C51H66N3O16S3+. The Hall–Kier alpha value is -5.59. The van der Waals surface area contributed by atoms with E-state index in [0.717, 1.165) is 40.1 Å². The fraction of sp³-hybridized carbons (Fsp3) is 0.451. The smallest absolute Gasteiger partial charge is 0.333 e. The van der Waals surface area contributed by atoms with Gasteiger partial charge in [-0.3, -0.25) is 13.7 Å². The molecule has 0 fully saturated rings. The van der Waals surface area contributed by atoms with Gasteiger partial charge in [-0.15, -0.1) is 4.73 Å². The zero-order valence-electron chi connectivity index (χ0n) is 42.1. The van der Waals surface area contributed by atoms with Crippen LogP contribution in [0.1, 0.15) is 96.3 Å². The van der Waals surface area contributed by atoms with Gasteiger partial charge in [-0.1, -0.05) is 51.2 Å². The van der Waals surface area contributed by atoms with Gasteiger partial charge in [0.25, 0.3) is 30.4 Å². The first-order chi connectivity index (χ1) is 34.1. The summed E-state index contributed by atoms with van der Waals surface area (Å²) in [5.74, 6) is -1.50. The summed E-state index contributed by atoms with van der Waals surface area (Å²) in [6.45, 7) is 11.1. The summed E-state index contributed by atoms with van der Waals surface area (Å²) < 4.78 is 122. The summed E-state index contributed by atoms with van der Waals surface area (Å²) in [4.78, 5) is 19.9. The molecule has 0 amide bonds. The van der Waals surface area contributed by atoms with E-state index >= 15 is 0 Å². The first-order valence-corrected chi connectivity index (χ1v) is 28.3. The van der Waals surface area contributed by atoms with Crippen molar-refractivity contribution in [2.45, 2.75) is 95.4 Å². The molecule has 6 rings (SSSR count). The molecule has 0 saturated heterocycles. The third kappa shape index (κ3) is 13.6. The number of aromatic nitrogens is 1. The quantitative estimate of drug-likeness (QED) is 0.0351. The van der Waals surface area contributed by atoms with Crippen molar-refractivity contribution in [1.82, 2.24) is 4.73 Å². The molecule has 73 heavy (non-hydrogen) atoms. The van der Waals surface area contributed by atoms with E-state index in [-0.39, 0.29) is 43.5 Å². The number of carbonyl (C=O) groups is 1. The molecule has 0 spiro atoms. The van der Waals surface area contributed by atoms with E-state index in [0.29, 0.717) is 65.8 Å². The molecule has 2 aromatic carbocycles. The normalized spacial score (nSPS) is 18.5. The number of benzene rings is 2. The first kappa shape index (κ1) is 56.7. The number of methoxy groups -OCH3 is 2. The lowest BCUT2D eigenvalue weighted by Gasteiger charge is -2.48. The molecule has 0 saturated carbocycles. The Morgan fingerprint density at radius 2 is 1.47 bits per heavy atom. The number of rotatable bonds is 23. The number of ether oxygens (including phenoxy) is 3. The van der Waals surface area contributed by atoms with Gasteiger partial charge in [0.2, 0.25) is 17.4 Å². The lowest BCUT2D eigenvalue weighted by molar-refractivity contribution is -0.437. The summed E-state index contributed by atoms with van der Waals surface area (Å²) in [7, 11) is -10.0. The minimum absolute atomic E-state index is 0.0181. The largest absolute Gasteiger partial charge is 0.492 e. The van der Waals surface area contributed by atoms with E-state index in [1.165, 1.54) is 18.2 Å². The molecule has 3 aliphatic rings. The van der Waals surface area contributed by atoms with E-state index in [1.807, 2.05) is 63.5 Å². The monoisotopic (exact) mass is 1070 g/mol. The van der Waals surface area contributed by atoms with Gasteiger partial charge in [0.05, 0.1) is 27.4 Å². The van der Waals surface area contributed by atoms with E-state index in [4.69, 9.17) is 19.0 Å². The molecular weight excluding hydrogens is 1010 g/mol. The number of hydrogen-bond donors (Lipinski definition) is 5. The van der Waals surface area contributed by atoms with E-state index in [9.17, 15) is 53.9 Å². The highest BCUT2D eigenvalue weighted by atomic mass is 32.2. The van der Waals surface area contributed by atoms with E-state index in [2.05, 4.69) is 17.0 Å². The molecule has 5 N–H and O–H groups in total. The van der Waals surface area contributed by atoms with Crippen molar-refractivity contribution in [1.29, 1.82) is 0 Å². The van der Waals surface area contributed by atoms with Crippen LogP contribution in [0.2, 0.25) is 0 Å². The lowest BCUT2D eigenvalue weighted by Crippen LogP contribution is -2.52. The Morgan fingerprint density at radius 3 is 2.07 bits per heavy atom. The highest BCUT2D eigenvalue weighted by molar-refractivity contribution is 7.86. The van der Waals surface area contributed by atoms with Crippen LogP contribution in [0.3, 0.4) is 0 Å². The van der Waals surface area contributed by atoms with Crippen molar-refractivity contribution < 1.29 is 77.5 Å². The lowest BCUT2D eigenvalue weighted by atomic mass is 9.75. The predicted molar refractivity (Wildman–Crippen MR) is 276 cm³/mol. The average molecular weight is 1070 g/mol. The van der Waals surface area contributed by atoms with Gasteiger partial charge in [0, 0.05) is 105 Å². The van der Waals surface area contributed by atoms with Gasteiger partial charge in [0.1, 0.15) is 18.1 Å². The Balaban J connectivity index is 1.41. The van der Waals surface area contributed by atoms with Crippen LogP contribution in [0.4, 0.5) is 11.4 Å². The third-order valence-corrected chi connectivity index (χ3v) is 15.7. The SMILES string of the molecule is COCCC1(CCOC)C=C(C)c2cc3c(cc2N1CCCS(=O)(=O)O)OC(C(C)(C)C)=CC3=CC=CC=CC1=[N+](CCCS(=O)(=O)O)c2ccc(S(=O)(=O)O)cc2C1(C)CCCC(=O)On1c(O)ccc1O. The van der Waals surface area contributed by atoms with Crippen molar-refractivity contribution >= 4 is 64.6 Å². The van der Waals surface area contributed by atoms with Crippen molar-refractivity contribution in [3.8, 4) is 17.5 Å². The molecule has 4 heterocycles. The van der Waals surface area contributed by atoms with Crippen LogP contribution in [0.15, 0.2) is 95.7 Å². The van der Waals surface area contributed by atoms with Crippen LogP contribution >= 0.6 is 0 Å². The maximum Gasteiger partial charge on any atom is 0.333 e. The third-order valence-electron chi connectivity index (χ3n) is 13.2. The van der Waals surface area contributed by atoms with E-state index in [1.54, 1.807) is 32.4 Å². The van der Waals surface area contributed by atoms with Crippen molar-refractivity contribution in [3.05, 3.63) is 107 Å². The Morgan fingerprint density at radius 1 is 0.822 bits per heavy atom. The van der Waals surface area contributed by atoms with Gasteiger partial charge >= 0.3 is 5.97 Å². The average Bonchev–Trinajstić information content (AvgIpc) is 3.73. The van der Waals surface area contributed by atoms with Crippen LogP contribution in [0, 0.1) is 5.41 Å². The molecule has 0 aliphatic carbocycles. The summed E-state index contributed by atoms with van der Waals surface area (Å²) >= 11 is 0. The molecule has 19 nitrogen and oxygen atoms in total. The van der Waals surface area contributed by atoms with Gasteiger partial charge < -0.3 is 34.2 Å². The fourth-order valence-corrected chi connectivity index (χ4v) is 11.1. The molecule has 1 aromatic heterocycles. The van der Waals surface area contributed by atoms with Crippen LogP contribution in [0.25, 0.3) is 11.1 Å². The maximum absolute atomic E-state index is 12.9. The minimum atomic E-state index is -4.68. The standard InChI is InChI=1S/C51H65N3O16S3/c1-35-34-51(22-26-67-6,23-27-68-7)53(25-13-29-72(61,62)63)42-33-43-39(32-38(35)42)36(30-45(69-43)49(2,3)4)14-9-8-10-15-44-50(5,21-11-16-48(57)70-54-46(55)19-20-47(54)56)40-31-37(73(64,65)66)17-18-41(40)52(44)24-12-28-71(58,59)60/h8-10,14-15,17-20,30-34H,11-13,16,21-29H2,1-7H3,(H4-,55,56,58,59,60,61,62,63,64,65,66)/p+1. The summed E-state index contributed by atoms with van der Waals surface area (Å²) in [5.41, 5.74) is 3.78. The van der Waals surface area contributed by atoms with Crippen LogP contribution in [-0.4, -0.2) is 128 Å². The molecule has 1 unspecified atom stereocenters. The summed E-state index contributed by atoms with van der Waals surface area (Å²) in [6, 6.07) is 10.4. The Kier molecular flexibility index (Phi) is 17.5. The second-order valence-electron chi connectivity index (χ2n) is 19.6. The van der Waals surface area contributed by atoms with Crippen molar-refractivity contribution in [2.24, 2.45) is 5.41 Å². The first-order valence-electron chi connectivity index (χ1n) is 23.7. The zero-order valence-corrected chi connectivity index (χ0v) is 44.5. The van der Waals surface area contributed by atoms with Gasteiger partial charge in [0.15, 0.2) is 5.71 Å². The number of nitrogens with zero attached hydrogens (tertiary/aromatic N) is 3. The second kappa shape index (κ2) is 22.5. The zero-order chi connectivity index (χ0) is 53.7. The molecule has 3 aliphatic heterocycles. The number of anilines is 1. The van der Waals surface area contributed by atoms with Gasteiger partial charge in [-0.25, -0.2) is 4.79 Å². The molecule has 0 bridgehead atoms. The van der Waals surface area contributed by atoms with E-state index < -0.39 is 76.0 Å². The fourth-order valence-electron chi connectivity index (χ4n) is 9.64. The molecule has 22 heteroatoms. The maximum atomic E-state index is 12.9. The summed E-state index contributed by atoms with van der Waals surface area (Å²) in [6.07, 6.45) is 14.7. The summed E-state index contributed by atoms with van der Waals surface area (Å²) in [5, 5.41) is 20.0. The van der Waals surface area contributed by atoms with Crippen molar-refractivity contribution in [3.63, 3.8) is 0 Å². The number of fused-ring (bicyclic) bond motifs is 3. The van der Waals surface area contributed by atoms with Crippen LogP contribution in [-0.2, 0) is 50.0 Å².